The molecule has 0 heterocycles. The zero-order valence-electron chi connectivity index (χ0n) is 6.92. The molecule has 0 aliphatic carbocycles. The Bertz CT molecular complexity index is 273. The zero-order chi connectivity index (χ0) is 9.14. The summed E-state index contributed by atoms with van der Waals surface area (Å²) in [5.41, 5.74) is 6.51. The van der Waals surface area contributed by atoms with E-state index in [1.54, 1.807) is 6.07 Å². The molecule has 0 aromatic heterocycles. The predicted molar refractivity (Wildman–Crippen MR) is 53.2 cm³/mol. The lowest BCUT2D eigenvalue weighted by atomic mass is 10.1. The summed E-state index contributed by atoms with van der Waals surface area (Å²) in [5.74, 6) is 0.307. The van der Waals surface area contributed by atoms with Crippen molar-refractivity contribution in [1.29, 1.82) is 0 Å². The van der Waals surface area contributed by atoms with Crippen LogP contribution in [-0.4, -0.2) is 11.1 Å². The molecule has 0 radical (unpaired) electrons. The Morgan fingerprint density at radius 1 is 1.58 bits per heavy atom. The van der Waals surface area contributed by atoms with Crippen LogP contribution in [0, 0.1) is 0 Å². The number of rotatable bonds is 2. The van der Waals surface area contributed by atoms with Crippen LogP contribution in [0.3, 0.4) is 0 Å². The number of phenols is 1. The maximum atomic E-state index is 9.45. The number of aromatic hydroxyl groups is 1. The van der Waals surface area contributed by atoms with E-state index in [0.717, 1.165) is 10.0 Å². The average molecular weight is 230 g/mol. The molecule has 1 atom stereocenters. The van der Waals surface area contributed by atoms with Crippen molar-refractivity contribution in [3.05, 3.63) is 28.2 Å². The second-order valence-corrected chi connectivity index (χ2v) is 3.87. The van der Waals surface area contributed by atoms with E-state index >= 15 is 0 Å². The zero-order valence-corrected chi connectivity index (χ0v) is 8.51. The van der Waals surface area contributed by atoms with Crippen molar-refractivity contribution in [3.8, 4) is 5.75 Å². The molecule has 0 fully saturated rings. The van der Waals surface area contributed by atoms with E-state index < -0.39 is 0 Å². The fourth-order valence-electron chi connectivity index (χ4n) is 1.06. The van der Waals surface area contributed by atoms with E-state index in [1.807, 2.05) is 19.1 Å². The Labute approximate surface area is 80.5 Å². The van der Waals surface area contributed by atoms with Gasteiger partial charge in [0.15, 0.2) is 0 Å². The lowest BCUT2D eigenvalue weighted by Gasteiger charge is -2.07. The summed E-state index contributed by atoms with van der Waals surface area (Å²) in [6, 6.07) is 5.54. The van der Waals surface area contributed by atoms with Gasteiger partial charge in [-0.3, -0.25) is 0 Å². The van der Waals surface area contributed by atoms with Crippen molar-refractivity contribution < 1.29 is 5.11 Å². The Hall–Kier alpha value is -0.540. The van der Waals surface area contributed by atoms with Gasteiger partial charge in [0.05, 0.1) is 0 Å². The Morgan fingerprint density at radius 2 is 2.25 bits per heavy atom. The van der Waals surface area contributed by atoms with Gasteiger partial charge in [-0.25, -0.2) is 0 Å². The smallest absolute Gasteiger partial charge is 0.119 e. The third kappa shape index (κ3) is 2.50. The van der Waals surface area contributed by atoms with E-state index in [2.05, 4.69) is 15.9 Å². The van der Waals surface area contributed by atoms with Crippen molar-refractivity contribution in [1.82, 2.24) is 0 Å². The molecule has 0 saturated carbocycles. The van der Waals surface area contributed by atoms with E-state index in [9.17, 15) is 5.11 Å². The number of hydrogen-bond donors (Lipinski definition) is 2. The van der Waals surface area contributed by atoms with Crippen LogP contribution in [0.2, 0.25) is 0 Å². The van der Waals surface area contributed by atoms with Gasteiger partial charge < -0.3 is 10.8 Å². The summed E-state index contributed by atoms with van der Waals surface area (Å²) in [6.45, 7) is 1.92. The van der Waals surface area contributed by atoms with Crippen LogP contribution in [0.5, 0.6) is 5.75 Å². The lowest BCUT2D eigenvalue weighted by Crippen LogP contribution is -2.17. The Balaban J connectivity index is 2.86. The summed E-state index contributed by atoms with van der Waals surface area (Å²) in [5, 5.41) is 9.45. The topological polar surface area (TPSA) is 46.2 Å². The van der Waals surface area contributed by atoms with Crippen molar-refractivity contribution in [2.24, 2.45) is 5.73 Å². The molecule has 3 N–H and O–H groups in total. The Morgan fingerprint density at radius 3 is 2.75 bits per heavy atom. The minimum Gasteiger partial charge on any atom is -0.508 e. The van der Waals surface area contributed by atoms with Crippen LogP contribution in [0.4, 0.5) is 0 Å². The first-order valence-corrected chi connectivity index (χ1v) is 4.62. The Kier molecular flexibility index (Phi) is 3.12. The summed E-state index contributed by atoms with van der Waals surface area (Å²) in [6.07, 6.45) is 0.707. The van der Waals surface area contributed by atoms with Crippen LogP contribution >= 0.6 is 15.9 Å². The minimum absolute atomic E-state index is 0.0806. The van der Waals surface area contributed by atoms with Crippen LogP contribution in [0.25, 0.3) is 0 Å². The molecule has 3 heteroatoms. The molecule has 0 aliphatic rings. The molecule has 1 aromatic rings. The van der Waals surface area contributed by atoms with Gasteiger partial charge in [-0.1, -0.05) is 22.0 Å². The first kappa shape index (κ1) is 9.55. The van der Waals surface area contributed by atoms with Crippen LogP contribution in [0.15, 0.2) is 22.7 Å². The van der Waals surface area contributed by atoms with Crippen molar-refractivity contribution in [3.63, 3.8) is 0 Å². The first-order valence-electron chi connectivity index (χ1n) is 3.82. The van der Waals surface area contributed by atoms with Gasteiger partial charge in [0.25, 0.3) is 0 Å². The molecule has 0 saturated heterocycles. The highest BCUT2D eigenvalue weighted by Crippen LogP contribution is 2.22. The van der Waals surface area contributed by atoms with Gasteiger partial charge in [-0.15, -0.1) is 0 Å². The molecule has 1 aromatic carbocycles. The van der Waals surface area contributed by atoms with Gasteiger partial charge in [-0.2, -0.15) is 0 Å². The summed E-state index contributed by atoms with van der Waals surface area (Å²) >= 11 is 3.27. The summed E-state index contributed by atoms with van der Waals surface area (Å²) in [7, 11) is 0. The van der Waals surface area contributed by atoms with Crippen LogP contribution in [-0.2, 0) is 6.42 Å². The van der Waals surface area contributed by atoms with Gasteiger partial charge in [-0.05, 0) is 31.0 Å². The van der Waals surface area contributed by atoms with Gasteiger partial charge >= 0.3 is 0 Å². The lowest BCUT2D eigenvalue weighted by molar-refractivity contribution is 0.465. The normalized spacial score (nSPS) is 12.9. The summed E-state index contributed by atoms with van der Waals surface area (Å²) in [4.78, 5) is 0. The van der Waals surface area contributed by atoms with E-state index in [4.69, 9.17) is 5.73 Å². The minimum atomic E-state index is 0.0806. The fraction of sp³-hybridized carbons (Fsp3) is 0.333. The van der Waals surface area contributed by atoms with Crippen molar-refractivity contribution in [2.45, 2.75) is 19.4 Å². The highest BCUT2D eigenvalue weighted by Gasteiger charge is 2.03. The monoisotopic (exact) mass is 229 g/mol. The first-order chi connectivity index (χ1) is 5.59. The molecule has 0 aliphatic heterocycles. The van der Waals surface area contributed by atoms with E-state index in [-0.39, 0.29) is 6.04 Å². The maximum absolute atomic E-state index is 9.45. The van der Waals surface area contributed by atoms with Crippen LogP contribution in [0.1, 0.15) is 12.5 Å². The third-order valence-electron chi connectivity index (χ3n) is 1.59. The SMILES string of the molecule is C[C@H](N)Cc1ccc(Br)cc1O. The number of hydrogen-bond acceptors (Lipinski definition) is 2. The average Bonchev–Trinajstić information content (AvgIpc) is 1.94. The molecule has 1 rings (SSSR count). The summed E-state index contributed by atoms with van der Waals surface area (Å²) < 4.78 is 0.883. The highest BCUT2D eigenvalue weighted by atomic mass is 79.9. The number of phenolic OH excluding ortho intramolecular Hbond substituents is 1. The predicted octanol–water partition coefficient (Wildman–Crippen LogP) is 2.04. The molecule has 0 unspecified atom stereocenters. The second kappa shape index (κ2) is 3.92. The number of halogens is 1. The third-order valence-corrected chi connectivity index (χ3v) is 2.08. The molecular formula is C9H12BrNO. The molecule has 12 heavy (non-hydrogen) atoms. The van der Waals surface area contributed by atoms with Gasteiger partial charge in [0.2, 0.25) is 0 Å². The van der Waals surface area contributed by atoms with Crippen molar-refractivity contribution in [2.75, 3.05) is 0 Å². The molecule has 0 amide bonds. The standard InChI is InChI=1S/C9H12BrNO/c1-6(11)4-7-2-3-8(10)5-9(7)12/h2-3,5-6,12H,4,11H2,1H3/t6-/m0/s1. The number of benzene rings is 1. The molecule has 0 bridgehead atoms. The van der Waals surface area contributed by atoms with Crippen molar-refractivity contribution >= 4 is 15.9 Å². The molecule has 2 nitrogen and oxygen atoms in total. The van der Waals surface area contributed by atoms with Gasteiger partial charge in [0.1, 0.15) is 5.75 Å². The molecule has 66 valence electrons. The fourth-order valence-corrected chi connectivity index (χ4v) is 1.41. The second-order valence-electron chi connectivity index (χ2n) is 2.95. The van der Waals surface area contributed by atoms with E-state index in [0.29, 0.717) is 12.2 Å². The van der Waals surface area contributed by atoms with Crippen LogP contribution < -0.4 is 5.73 Å². The highest BCUT2D eigenvalue weighted by molar-refractivity contribution is 9.10. The van der Waals surface area contributed by atoms with Gasteiger partial charge in [0, 0.05) is 10.5 Å². The quantitative estimate of drug-likeness (QED) is 0.816. The maximum Gasteiger partial charge on any atom is 0.119 e. The largest absolute Gasteiger partial charge is 0.508 e. The van der Waals surface area contributed by atoms with E-state index in [1.165, 1.54) is 0 Å². The molecule has 0 spiro atoms. The molecular weight excluding hydrogens is 218 g/mol. The number of nitrogens with two attached hydrogens (primary N) is 1.